The van der Waals surface area contributed by atoms with Crippen molar-refractivity contribution in [2.24, 2.45) is 0 Å². The number of hydrogen-bond acceptors (Lipinski definition) is 4. The summed E-state index contributed by atoms with van der Waals surface area (Å²) in [6, 6.07) is 7.01. The minimum atomic E-state index is -0.811. The van der Waals surface area contributed by atoms with Gasteiger partial charge in [-0.05, 0) is 40.2 Å². The number of alkyl carbamates (subject to hydrolysis) is 1. The Morgan fingerprint density at radius 3 is 2.29 bits per heavy atom. The monoisotopic (exact) mass is 331 g/mol. The molecule has 0 aromatic heterocycles. The molecule has 2 N–H and O–H groups in total. The second-order valence-electron chi connectivity index (χ2n) is 6.77. The van der Waals surface area contributed by atoms with Gasteiger partial charge in [0.25, 0.3) is 0 Å². The van der Waals surface area contributed by atoms with Crippen molar-refractivity contribution in [1.29, 1.82) is 5.26 Å². The van der Waals surface area contributed by atoms with Crippen molar-refractivity contribution in [2.45, 2.75) is 52.7 Å². The summed E-state index contributed by atoms with van der Waals surface area (Å²) in [5, 5.41) is 13.7. The highest BCUT2D eigenvalue weighted by atomic mass is 16.6. The van der Waals surface area contributed by atoms with Gasteiger partial charge in [-0.15, -0.1) is 0 Å². The Labute approximate surface area is 143 Å². The third kappa shape index (κ3) is 7.14. The summed E-state index contributed by atoms with van der Waals surface area (Å²) < 4.78 is 5.21. The highest BCUT2D eigenvalue weighted by Gasteiger charge is 2.24. The molecular weight excluding hydrogens is 306 g/mol. The van der Waals surface area contributed by atoms with Gasteiger partial charge in [0, 0.05) is 6.42 Å². The highest BCUT2D eigenvalue weighted by Crippen LogP contribution is 2.12. The molecule has 130 valence electrons. The third-order valence-corrected chi connectivity index (χ3v) is 3.07. The third-order valence-electron chi connectivity index (χ3n) is 3.07. The van der Waals surface area contributed by atoms with Gasteiger partial charge in [-0.3, -0.25) is 4.79 Å². The average molecular weight is 331 g/mol. The van der Waals surface area contributed by atoms with Crippen LogP contribution >= 0.6 is 0 Å². The second kappa shape index (κ2) is 8.34. The zero-order valence-electron chi connectivity index (χ0n) is 14.9. The standard InChI is InChI=1S/C18H25N3O3/c1-12-8-13(2)10-14(9-12)11-15(16(22)20-7-6-19)21-17(23)24-18(3,4)5/h8-10,15H,7,11H2,1-5H3,(H,20,22)(H,21,23)/t15-/m0/s1. The number of nitrogens with zero attached hydrogens (tertiary/aromatic N) is 1. The molecule has 0 aliphatic rings. The van der Waals surface area contributed by atoms with Crippen LogP contribution in [0.2, 0.25) is 0 Å². The Hall–Kier alpha value is -2.55. The molecule has 0 fully saturated rings. The van der Waals surface area contributed by atoms with Gasteiger partial charge in [0.2, 0.25) is 5.91 Å². The lowest BCUT2D eigenvalue weighted by Crippen LogP contribution is -2.49. The number of nitrogens with one attached hydrogen (secondary N) is 2. The Balaban J connectivity index is 2.90. The average Bonchev–Trinajstić information content (AvgIpc) is 2.40. The van der Waals surface area contributed by atoms with Crippen LogP contribution in [0, 0.1) is 25.2 Å². The molecule has 6 heteroatoms. The molecule has 0 spiro atoms. The van der Waals surface area contributed by atoms with E-state index >= 15 is 0 Å². The molecule has 0 heterocycles. The molecule has 0 aliphatic heterocycles. The molecule has 6 nitrogen and oxygen atoms in total. The van der Waals surface area contributed by atoms with Crippen molar-refractivity contribution >= 4 is 12.0 Å². The fraction of sp³-hybridized carbons (Fsp3) is 0.500. The lowest BCUT2D eigenvalue weighted by Gasteiger charge is -2.23. The van der Waals surface area contributed by atoms with Gasteiger partial charge in [0.1, 0.15) is 18.2 Å². The van der Waals surface area contributed by atoms with E-state index in [9.17, 15) is 9.59 Å². The van der Waals surface area contributed by atoms with Crippen molar-refractivity contribution in [3.05, 3.63) is 34.9 Å². The lowest BCUT2D eigenvalue weighted by atomic mass is 10.0. The number of nitriles is 1. The van der Waals surface area contributed by atoms with E-state index in [1.165, 1.54) is 0 Å². The summed E-state index contributed by atoms with van der Waals surface area (Å²) >= 11 is 0. The normalized spacial score (nSPS) is 12.0. The predicted octanol–water partition coefficient (Wildman–Crippen LogP) is 2.38. The van der Waals surface area contributed by atoms with Crippen LogP contribution in [-0.2, 0) is 16.0 Å². The van der Waals surface area contributed by atoms with Gasteiger partial charge < -0.3 is 15.4 Å². The molecule has 0 aliphatic carbocycles. The maximum absolute atomic E-state index is 12.2. The van der Waals surface area contributed by atoms with E-state index < -0.39 is 23.6 Å². The van der Waals surface area contributed by atoms with Crippen LogP contribution in [0.3, 0.4) is 0 Å². The molecule has 0 saturated carbocycles. The van der Waals surface area contributed by atoms with Crippen molar-refractivity contribution in [1.82, 2.24) is 10.6 Å². The Bertz CT molecular complexity index is 622. The van der Waals surface area contributed by atoms with Gasteiger partial charge in [-0.25, -0.2) is 4.79 Å². The number of hydrogen-bond donors (Lipinski definition) is 2. The molecule has 1 rings (SSSR count). The van der Waals surface area contributed by atoms with E-state index in [2.05, 4.69) is 10.6 Å². The number of aryl methyl sites for hydroxylation is 2. The van der Waals surface area contributed by atoms with Gasteiger partial charge in [-0.2, -0.15) is 5.26 Å². The highest BCUT2D eigenvalue weighted by molar-refractivity contribution is 5.86. The van der Waals surface area contributed by atoms with Crippen LogP contribution < -0.4 is 10.6 Å². The van der Waals surface area contributed by atoms with Crippen molar-refractivity contribution < 1.29 is 14.3 Å². The van der Waals surface area contributed by atoms with Crippen molar-refractivity contribution in [3.8, 4) is 6.07 Å². The molecule has 1 atom stereocenters. The molecular formula is C18H25N3O3. The Morgan fingerprint density at radius 1 is 1.21 bits per heavy atom. The minimum Gasteiger partial charge on any atom is -0.444 e. The first-order chi connectivity index (χ1) is 11.1. The maximum atomic E-state index is 12.2. The SMILES string of the molecule is Cc1cc(C)cc(C[C@H](NC(=O)OC(C)(C)C)C(=O)NCC#N)c1. The maximum Gasteiger partial charge on any atom is 0.408 e. The van der Waals surface area contributed by atoms with Crippen LogP contribution in [0.25, 0.3) is 0 Å². The Morgan fingerprint density at radius 2 is 1.79 bits per heavy atom. The quantitative estimate of drug-likeness (QED) is 0.810. The molecule has 0 saturated heterocycles. The van der Waals surface area contributed by atoms with E-state index in [1.54, 1.807) is 20.8 Å². The van der Waals surface area contributed by atoms with Crippen LogP contribution in [0.15, 0.2) is 18.2 Å². The van der Waals surface area contributed by atoms with Gasteiger partial charge in [0.15, 0.2) is 0 Å². The van der Waals surface area contributed by atoms with Crippen LogP contribution in [0.4, 0.5) is 4.79 Å². The number of amides is 2. The van der Waals surface area contributed by atoms with E-state index in [4.69, 9.17) is 10.00 Å². The van der Waals surface area contributed by atoms with Gasteiger partial charge in [-0.1, -0.05) is 29.3 Å². The fourth-order valence-electron chi connectivity index (χ4n) is 2.33. The molecule has 1 aromatic carbocycles. The predicted molar refractivity (Wildman–Crippen MR) is 91.4 cm³/mol. The largest absolute Gasteiger partial charge is 0.444 e. The number of carbonyl (C=O) groups excluding carboxylic acids is 2. The summed E-state index contributed by atoms with van der Waals surface area (Å²) in [5.41, 5.74) is 2.44. The van der Waals surface area contributed by atoms with E-state index in [0.29, 0.717) is 6.42 Å². The van der Waals surface area contributed by atoms with Gasteiger partial charge in [0.05, 0.1) is 6.07 Å². The number of benzene rings is 1. The first-order valence-corrected chi connectivity index (χ1v) is 7.82. The summed E-state index contributed by atoms with van der Waals surface area (Å²) in [5.74, 6) is -0.415. The zero-order valence-corrected chi connectivity index (χ0v) is 14.9. The number of rotatable bonds is 5. The summed E-state index contributed by atoms with van der Waals surface area (Å²) in [6.07, 6.45) is -0.345. The summed E-state index contributed by atoms with van der Waals surface area (Å²) in [7, 11) is 0. The smallest absolute Gasteiger partial charge is 0.408 e. The van der Waals surface area contributed by atoms with Crippen LogP contribution in [0.1, 0.15) is 37.5 Å². The molecule has 0 bridgehead atoms. The fourth-order valence-corrected chi connectivity index (χ4v) is 2.33. The van der Waals surface area contributed by atoms with Crippen LogP contribution in [0.5, 0.6) is 0 Å². The molecule has 24 heavy (non-hydrogen) atoms. The first-order valence-electron chi connectivity index (χ1n) is 7.82. The van der Waals surface area contributed by atoms with E-state index in [-0.39, 0.29) is 6.54 Å². The molecule has 1 aromatic rings. The zero-order chi connectivity index (χ0) is 18.3. The summed E-state index contributed by atoms with van der Waals surface area (Å²) in [6.45, 7) is 9.09. The minimum absolute atomic E-state index is 0.113. The van der Waals surface area contributed by atoms with Crippen LogP contribution in [-0.4, -0.2) is 30.2 Å². The molecule has 0 radical (unpaired) electrons. The number of carbonyl (C=O) groups is 2. The van der Waals surface area contributed by atoms with E-state index in [0.717, 1.165) is 16.7 Å². The lowest BCUT2D eigenvalue weighted by molar-refractivity contribution is -0.122. The topological polar surface area (TPSA) is 91.2 Å². The first kappa shape index (κ1) is 19.5. The molecule has 2 amide bonds. The van der Waals surface area contributed by atoms with Crippen molar-refractivity contribution in [3.63, 3.8) is 0 Å². The van der Waals surface area contributed by atoms with Gasteiger partial charge >= 0.3 is 6.09 Å². The number of ether oxygens (including phenoxy) is 1. The second-order valence-corrected chi connectivity index (χ2v) is 6.77. The Kier molecular flexibility index (Phi) is 6.78. The molecule has 0 unspecified atom stereocenters. The van der Waals surface area contributed by atoms with Crippen molar-refractivity contribution in [2.75, 3.05) is 6.54 Å². The van der Waals surface area contributed by atoms with E-state index in [1.807, 2.05) is 38.1 Å². The summed E-state index contributed by atoms with van der Waals surface area (Å²) in [4.78, 5) is 24.2.